The quantitative estimate of drug-likeness (QED) is 0.863. The van der Waals surface area contributed by atoms with E-state index in [1.807, 2.05) is 38.6 Å². The molecular weight excluding hydrogens is 310 g/mol. The number of rotatable bonds is 4. The molecule has 0 saturated heterocycles. The Kier molecular flexibility index (Phi) is 5.07. The molecule has 0 aliphatic heterocycles. The lowest BCUT2D eigenvalue weighted by Gasteiger charge is -2.19. The number of carbonyl (C=O) groups is 1. The Hall–Kier alpha value is -2.36. The summed E-state index contributed by atoms with van der Waals surface area (Å²) in [5, 5.41) is 7.44. The van der Waals surface area contributed by atoms with Crippen LogP contribution in [0.2, 0.25) is 0 Å². The van der Waals surface area contributed by atoms with E-state index in [1.54, 1.807) is 6.08 Å². The Balaban J connectivity index is 1.67. The van der Waals surface area contributed by atoms with Crippen LogP contribution in [0.5, 0.6) is 0 Å². The van der Waals surface area contributed by atoms with Gasteiger partial charge in [0.1, 0.15) is 0 Å². The van der Waals surface area contributed by atoms with Crippen molar-refractivity contribution in [3.05, 3.63) is 57.9 Å². The van der Waals surface area contributed by atoms with Crippen molar-refractivity contribution >= 4 is 12.0 Å². The molecule has 2 aromatic rings. The first-order valence-corrected chi connectivity index (χ1v) is 9.06. The number of amides is 1. The molecule has 0 radical (unpaired) electrons. The summed E-state index contributed by atoms with van der Waals surface area (Å²) in [4.78, 5) is 12.3. The third kappa shape index (κ3) is 3.84. The number of hydrogen-bond donors (Lipinski definition) is 1. The molecule has 1 aromatic carbocycles. The number of benzene rings is 1. The molecule has 4 nitrogen and oxygen atoms in total. The molecule has 1 heterocycles. The van der Waals surface area contributed by atoms with Gasteiger partial charge >= 0.3 is 0 Å². The van der Waals surface area contributed by atoms with Gasteiger partial charge in [-0.2, -0.15) is 5.10 Å². The van der Waals surface area contributed by atoms with Gasteiger partial charge in [-0.1, -0.05) is 18.2 Å². The minimum atomic E-state index is -0.0760. The van der Waals surface area contributed by atoms with E-state index in [9.17, 15) is 4.79 Å². The van der Waals surface area contributed by atoms with Crippen LogP contribution in [0.3, 0.4) is 0 Å². The lowest BCUT2D eigenvalue weighted by molar-refractivity contribution is -0.117. The van der Waals surface area contributed by atoms with Gasteiger partial charge < -0.3 is 5.32 Å². The lowest BCUT2D eigenvalue weighted by Crippen LogP contribution is -2.24. The zero-order valence-corrected chi connectivity index (χ0v) is 15.6. The Bertz CT molecular complexity index is 817. The Labute approximate surface area is 149 Å². The smallest absolute Gasteiger partial charge is 0.244 e. The molecule has 1 aliphatic rings. The van der Waals surface area contributed by atoms with Crippen LogP contribution >= 0.6 is 0 Å². The van der Waals surface area contributed by atoms with E-state index < -0.39 is 0 Å². The fourth-order valence-electron chi connectivity index (χ4n) is 3.56. The van der Waals surface area contributed by atoms with E-state index in [1.165, 1.54) is 36.0 Å². The number of aromatic nitrogens is 2. The Morgan fingerprint density at radius 2 is 1.96 bits per heavy atom. The van der Waals surface area contributed by atoms with E-state index in [2.05, 4.69) is 28.6 Å². The SMILES string of the molecule is Cc1nn(C)c(C)c1/C=C/C(=O)NC(C)c1ccc2c(c1)CCCC2. The molecular formula is C21H27N3O. The van der Waals surface area contributed by atoms with E-state index in [0.717, 1.165) is 23.4 Å². The van der Waals surface area contributed by atoms with Crippen LogP contribution in [-0.2, 0) is 24.7 Å². The zero-order valence-electron chi connectivity index (χ0n) is 15.6. The lowest BCUT2D eigenvalue weighted by atomic mass is 9.89. The van der Waals surface area contributed by atoms with Gasteiger partial charge in [-0.05, 0) is 69.2 Å². The van der Waals surface area contributed by atoms with Crippen molar-refractivity contribution in [1.29, 1.82) is 0 Å². The summed E-state index contributed by atoms with van der Waals surface area (Å²) in [5.41, 5.74) is 7.10. The molecule has 0 saturated carbocycles. The number of nitrogens with zero attached hydrogens (tertiary/aromatic N) is 2. The van der Waals surface area contributed by atoms with Crippen LogP contribution in [0, 0.1) is 13.8 Å². The van der Waals surface area contributed by atoms with E-state index in [0.29, 0.717) is 0 Å². The van der Waals surface area contributed by atoms with Gasteiger partial charge in [0.15, 0.2) is 0 Å². The standard InChI is InChI=1S/C21H27N3O/c1-14(18-10-9-17-7-5-6-8-19(17)13-18)22-21(25)12-11-20-15(2)23-24(4)16(20)3/h9-14H,5-8H2,1-4H3,(H,22,25)/b12-11+. The van der Waals surface area contributed by atoms with Crippen molar-refractivity contribution < 1.29 is 4.79 Å². The van der Waals surface area contributed by atoms with Gasteiger partial charge in [0, 0.05) is 24.4 Å². The maximum atomic E-state index is 12.3. The number of nitrogens with one attached hydrogen (secondary N) is 1. The van der Waals surface area contributed by atoms with Gasteiger partial charge in [-0.15, -0.1) is 0 Å². The highest BCUT2D eigenvalue weighted by Crippen LogP contribution is 2.24. The second kappa shape index (κ2) is 7.26. The van der Waals surface area contributed by atoms with Crippen LogP contribution in [0.1, 0.15) is 59.4 Å². The van der Waals surface area contributed by atoms with Crippen LogP contribution in [0.15, 0.2) is 24.3 Å². The maximum absolute atomic E-state index is 12.3. The van der Waals surface area contributed by atoms with Gasteiger partial charge in [-0.25, -0.2) is 0 Å². The Morgan fingerprint density at radius 1 is 1.24 bits per heavy atom. The first-order chi connectivity index (χ1) is 12.0. The monoisotopic (exact) mass is 337 g/mol. The third-order valence-corrected chi connectivity index (χ3v) is 5.20. The van der Waals surface area contributed by atoms with Crippen LogP contribution in [0.4, 0.5) is 0 Å². The summed E-state index contributed by atoms with van der Waals surface area (Å²) < 4.78 is 1.84. The second-order valence-electron chi connectivity index (χ2n) is 7.01. The molecule has 1 aromatic heterocycles. The van der Waals surface area contributed by atoms with Gasteiger partial charge in [0.25, 0.3) is 0 Å². The van der Waals surface area contributed by atoms with Crippen LogP contribution in [-0.4, -0.2) is 15.7 Å². The average Bonchev–Trinajstić information content (AvgIpc) is 2.84. The van der Waals surface area contributed by atoms with Crippen molar-refractivity contribution in [2.75, 3.05) is 0 Å². The molecule has 0 spiro atoms. The average molecular weight is 337 g/mol. The number of aryl methyl sites for hydroxylation is 4. The highest BCUT2D eigenvalue weighted by molar-refractivity contribution is 5.92. The van der Waals surface area contributed by atoms with Gasteiger partial charge in [0.2, 0.25) is 5.91 Å². The highest BCUT2D eigenvalue weighted by atomic mass is 16.1. The van der Waals surface area contributed by atoms with Crippen LogP contribution in [0.25, 0.3) is 6.08 Å². The van der Waals surface area contributed by atoms with Crippen molar-refractivity contribution in [3.63, 3.8) is 0 Å². The van der Waals surface area contributed by atoms with Crippen molar-refractivity contribution in [3.8, 4) is 0 Å². The number of carbonyl (C=O) groups excluding carboxylic acids is 1. The molecule has 132 valence electrons. The topological polar surface area (TPSA) is 46.9 Å². The molecule has 0 fully saturated rings. The predicted molar refractivity (Wildman–Crippen MR) is 101 cm³/mol. The summed E-state index contributed by atoms with van der Waals surface area (Å²) in [5.74, 6) is -0.0760. The molecule has 1 N–H and O–H groups in total. The summed E-state index contributed by atoms with van der Waals surface area (Å²) in [6.45, 7) is 6.00. The van der Waals surface area contributed by atoms with E-state index in [-0.39, 0.29) is 11.9 Å². The highest BCUT2D eigenvalue weighted by Gasteiger charge is 2.13. The summed E-state index contributed by atoms with van der Waals surface area (Å²) >= 11 is 0. The molecule has 3 rings (SSSR count). The third-order valence-electron chi connectivity index (χ3n) is 5.20. The summed E-state index contributed by atoms with van der Waals surface area (Å²) in [6, 6.07) is 6.64. The minimum absolute atomic E-state index is 0.000434. The van der Waals surface area contributed by atoms with Crippen molar-refractivity contribution in [2.24, 2.45) is 7.05 Å². The first-order valence-electron chi connectivity index (χ1n) is 9.06. The molecule has 0 bridgehead atoms. The molecule has 25 heavy (non-hydrogen) atoms. The van der Waals surface area contributed by atoms with E-state index in [4.69, 9.17) is 0 Å². The minimum Gasteiger partial charge on any atom is -0.346 e. The fraction of sp³-hybridized carbons (Fsp3) is 0.429. The molecule has 4 heteroatoms. The maximum Gasteiger partial charge on any atom is 0.244 e. The van der Waals surface area contributed by atoms with Gasteiger partial charge in [-0.3, -0.25) is 9.48 Å². The van der Waals surface area contributed by atoms with Crippen molar-refractivity contribution in [2.45, 2.75) is 52.5 Å². The normalized spacial score (nSPS) is 15.2. The number of fused-ring (bicyclic) bond motifs is 1. The largest absolute Gasteiger partial charge is 0.346 e. The summed E-state index contributed by atoms with van der Waals surface area (Å²) in [6.07, 6.45) is 8.35. The summed E-state index contributed by atoms with van der Waals surface area (Å²) in [7, 11) is 1.91. The van der Waals surface area contributed by atoms with Crippen LogP contribution < -0.4 is 5.32 Å². The molecule has 1 amide bonds. The Morgan fingerprint density at radius 3 is 2.64 bits per heavy atom. The van der Waals surface area contributed by atoms with E-state index >= 15 is 0 Å². The first kappa shape index (κ1) is 17.5. The second-order valence-corrected chi connectivity index (χ2v) is 7.01. The molecule has 1 aliphatic carbocycles. The fourth-order valence-corrected chi connectivity index (χ4v) is 3.56. The predicted octanol–water partition coefficient (Wildman–Crippen LogP) is 3.81. The molecule has 1 atom stereocenters. The zero-order chi connectivity index (χ0) is 18.0. The molecule has 1 unspecified atom stereocenters. The van der Waals surface area contributed by atoms with Gasteiger partial charge in [0.05, 0.1) is 11.7 Å². The number of hydrogen-bond acceptors (Lipinski definition) is 2. The van der Waals surface area contributed by atoms with Crippen molar-refractivity contribution in [1.82, 2.24) is 15.1 Å².